The predicted molar refractivity (Wildman–Crippen MR) is 232 cm³/mol. The first-order valence-corrected chi connectivity index (χ1v) is 25.5. The molecule has 0 aromatic heterocycles. The molecule has 2 aliphatic heterocycles. The van der Waals surface area contributed by atoms with Crippen LogP contribution in [0.1, 0.15) is 157 Å². The summed E-state index contributed by atoms with van der Waals surface area (Å²) in [5.74, 6) is 1.53. The van der Waals surface area contributed by atoms with Gasteiger partial charge in [0, 0.05) is 0 Å². The Morgan fingerprint density at radius 3 is 1.00 bits per heavy atom. The predicted octanol–water partition coefficient (Wildman–Crippen LogP) is 14.8. The van der Waals surface area contributed by atoms with Gasteiger partial charge in [0.25, 0.3) is 0 Å². The van der Waals surface area contributed by atoms with Gasteiger partial charge in [-0.25, -0.2) is 0 Å². The molecule has 2 aliphatic rings. The second-order valence-corrected chi connectivity index (χ2v) is 28.5. The Kier molecular flexibility index (Phi) is 12.7. The van der Waals surface area contributed by atoms with Crippen LogP contribution in [0.5, 0.6) is 0 Å². The van der Waals surface area contributed by atoms with E-state index in [4.69, 9.17) is 0 Å². The Balaban J connectivity index is 0.000000194. The van der Waals surface area contributed by atoms with Crippen LogP contribution in [0.4, 0.5) is 0 Å². The van der Waals surface area contributed by atoms with Crippen molar-refractivity contribution in [1.29, 1.82) is 0 Å². The fourth-order valence-corrected chi connectivity index (χ4v) is 27.9. The van der Waals surface area contributed by atoms with Gasteiger partial charge in [-0.2, -0.15) is 0 Å². The molecule has 0 aliphatic carbocycles. The summed E-state index contributed by atoms with van der Waals surface area (Å²) in [6.07, 6.45) is 10.7. The molecule has 2 heteroatoms. The van der Waals surface area contributed by atoms with E-state index in [9.17, 15) is 0 Å². The van der Waals surface area contributed by atoms with Gasteiger partial charge in [-0.15, -0.1) is 0 Å². The maximum atomic E-state index is 2.53. The number of benzene rings is 4. The molecule has 0 amide bonds. The molecule has 272 valence electrons. The lowest BCUT2D eigenvalue weighted by Crippen LogP contribution is -2.60. The van der Waals surface area contributed by atoms with Crippen molar-refractivity contribution in [2.24, 2.45) is 0 Å². The van der Waals surface area contributed by atoms with Gasteiger partial charge in [0.1, 0.15) is 0 Å². The summed E-state index contributed by atoms with van der Waals surface area (Å²) in [5, 5.41) is 9.79. The molecule has 4 atom stereocenters. The summed E-state index contributed by atoms with van der Waals surface area (Å²) in [6, 6.07) is 28.5. The standard InChI is InChI=1S/2C24H36Si/c2*1-7-11-20-21-15-9-13-19-14-10-16-23(24(19)21)25(17(3)4,18(5)6)22(20)12-8-2/h2*9-10,13-18,20,22H,7-8,11-12H2,1-6H3/t2*20-,22+/m10/s1. The van der Waals surface area contributed by atoms with Gasteiger partial charge >= 0.3 is 0 Å². The quantitative estimate of drug-likeness (QED) is 0.129. The van der Waals surface area contributed by atoms with Crippen molar-refractivity contribution in [3.63, 3.8) is 0 Å². The molecule has 0 saturated heterocycles. The summed E-state index contributed by atoms with van der Waals surface area (Å²) in [6.45, 7) is 29.8. The summed E-state index contributed by atoms with van der Waals surface area (Å²) in [4.78, 5) is 0. The van der Waals surface area contributed by atoms with E-state index in [1.165, 1.54) is 62.1 Å². The van der Waals surface area contributed by atoms with Gasteiger partial charge in [-0.3, -0.25) is 0 Å². The fraction of sp³-hybridized carbons (Fsp3) is 0.583. The molecule has 0 unspecified atom stereocenters. The molecule has 4 aromatic carbocycles. The summed E-state index contributed by atoms with van der Waals surface area (Å²) < 4.78 is 0. The second kappa shape index (κ2) is 16.2. The molecule has 0 bridgehead atoms. The van der Waals surface area contributed by atoms with Crippen LogP contribution in [0.2, 0.25) is 33.2 Å². The molecule has 0 saturated carbocycles. The minimum atomic E-state index is -1.64. The van der Waals surface area contributed by atoms with Crippen LogP contribution in [0, 0.1) is 0 Å². The van der Waals surface area contributed by atoms with E-state index in [2.05, 4.69) is 156 Å². The molecule has 2 heterocycles. The number of hydrogen-bond donors (Lipinski definition) is 0. The zero-order chi connectivity index (χ0) is 36.4. The van der Waals surface area contributed by atoms with E-state index in [0.717, 1.165) is 45.1 Å². The third-order valence-corrected chi connectivity index (χ3v) is 28.2. The third-order valence-electron chi connectivity index (χ3n) is 14.0. The molecular formula is C48H72Si2. The number of hydrogen-bond acceptors (Lipinski definition) is 0. The first-order valence-electron chi connectivity index (χ1n) is 21.0. The van der Waals surface area contributed by atoms with Crippen molar-refractivity contribution in [2.75, 3.05) is 0 Å². The number of rotatable bonds is 12. The Morgan fingerprint density at radius 2 is 0.720 bits per heavy atom. The maximum absolute atomic E-state index is 2.53. The lowest BCUT2D eigenvalue weighted by Gasteiger charge is -2.53. The van der Waals surface area contributed by atoms with E-state index in [-0.39, 0.29) is 0 Å². The molecule has 4 aromatic rings. The molecule has 6 rings (SSSR count). The van der Waals surface area contributed by atoms with Crippen LogP contribution < -0.4 is 10.4 Å². The van der Waals surface area contributed by atoms with Crippen LogP contribution in [0.25, 0.3) is 21.5 Å². The van der Waals surface area contributed by atoms with Crippen LogP contribution in [0.3, 0.4) is 0 Å². The maximum Gasteiger partial charge on any atom is 0.0962 e. The first kappa shape index (κ1) is 39.1. The topological polar surface area (TPSA) is 0 Å². The van der Waals surface area contributed by atoms with Crippen molar-refractivity contribution in [2.45, 2.75) is 180 Å². The molecule has 0 nitrogen and oxygen atoms in total. The van der Waals surface area contributed by atoms with Crippen LogP contribution in [0.15, 0.2) is 72.8 Å². The van der Waals surface area contributed by atoms with Crippen LogP contribution in [-0.4, -0.2) is 16.1 Å². The zero-order valence-electron chi connectivity index (χ0n) is 34.2. The monoisotopic (exact) mass is 705 g/mol. The average molecular weight is 705 g/mol. The minimum Gasteiger partial charge on any atom is -0.0654 e. The lowest BCUT2D eigenvalue weighted by atomic mass is 9.85. The van der Waals surface area contributed by atoms with Crippen molar-refractivity contribution in [3.8, 4) is 0 Å². The fourth-order valence-electron chi connectivity index (χ4n) is 12.7. The molecule has 0 N–H and O–H groups in total. The average Bonchev–Trinajstić information content (AvgIpc) is 3.08. The molecule has 0 radical (unpaired) electrons. The SMILES string of the molecule is CCC[C@@H]1[C@@H](CCC)c2cccc3cccc(c23)[Si]1(C(C)C)C(C)C.CCC[C@@H]1c2cccc3cccc(c23)[Si](C(C)C)(C(C)C)[C@H]1CCC. The molecule has 0 spiro atoms. The van der Waals surface area contributed by atoms with Crippen molar-refractivity contribution in [3.05, 3.63) is 83.9 Å². The zero-order valence-corrected chi connectivity index (χ0v) is 36.2. The lowest BCUT2D eigenvalue weighted by molar-refractivity contribution is 0.515. The molecule has 0 fully saturated rings. The van der Waals surface area contributed by atoms with Crippen LogP contribution in [-0.2, 0) is 0 Å². The highest BCUT2D eigenvalue weighted by molar-refractivity contribution is 6.97. The van der Waals surface area contributed by atoms with Gasteiger partial charge in [-0.1, -0.05) is 205 Å². The highest BCUT2D eigenvalue weighted by Gasteiger charge is 2.55. The van der Waals surface area contributed by atoms with Gasteiger partial charge in [0.15, 0.2) is 0 Å². The van der Waals surface area contributed by atoms with Gasteiger partial charge in [0.05, 0.1) is 16.1 Å². The Morgan fingerprint density at radius 1 is 0.420 bits per heavy atom. The largest absolute Gasteiger partial charge is 0.0962 e. The van der Waals surface area contributed by atoms with Gasteiger partial charge < -0.3 is 0 Å². The highest BCUT2D eigenvalue weighted by Crippen LogP contribution is 2.57. The van der Waals surface area contributed by atoms with E-state index >= 15 is 0 Å². The van der Waals surface area contributed by atoms with Gasteiger partial charge in [-0.05, 0) is 90.6 Å². The summed E-state index contributed by atoms with van der Waals surface area (Å²) in [5.41, 5.74) is 8.28. The van der Waals surface area contributed by atoms with E-state index in [1.807, 2.05) is 0 Å². The molecule has 50 heavy (non-hydrogen) atoms. The Hall–Kier alpha value is -2.17. The van der Waals surface area contributed by atoms with E-state index < -0.39 is 16.1 Å². The van der Waals surface area contributed by atoms with E-state index in [1.54, 1.807) is 32.3 Å². The third kappa shape index (κ3) is 6.21. The minimum absolute atomic E-state index is 0.764. The van der Waals surface area contributed by atoms with E-state index in [0.29, 0.717) is 0 Å². The smallest absolute Gasteiger partial charge is 0.0654 e. The van der Waals surface area contributed by atoms with Crippen molar-refractivity contribution >= 4 is 48.1 Å². The van der Waals surface area contributed by atoms with Crippen molar-refractivity contribution in [1.82, 2.24) is 0 Å². The van der Waals surface area contributed by atoms with Gasteiger partial charge in [0.2, 0.25) is 0 Å². The second-order valence-electron chi connectivity index (χ2n) is 17.6. The normalized spacial score (nSPS) is 22.1. The summed E-state index contributed by atoms with van der Waals surface area (Å²) in [7, 11) is -3.28. The van der Waals surface area contributed by atoms with Crippen LogP contribution >= 0.6 is 0 Å². The van der Waals surface area contributed by atoms with Crippen molar-refractivity contribution < 1.29 is 0 Å². The summed E-state index contributed by atoms with van der Waals surface area (Å²) >= 11 is 0. The Bertz CT molecular complexity index is 1560. The molecular weight excluding hydrogens is 633 g/mol. The first-order chi connectivity index (χ1) is 24.0. The Labute approximate surface area is 310 Å². The highest BCUT2D eigenvalue weighted by atomic mass is 28.3.